The summed E-state index contributed by atoms with van der Waals surface area (Å²) in [6.45, 7) is 2.13. The number of hydrogen-bond donors (Lipinski definition) is 2. The highest BCUT2D eigenvalue weighted by atomic mass is 35.5. The van der Waals surface area contributed by atoms with Crippen molar-refractivity contribution in [1.82, 2.24) is 10.2 Å². The van der Waals surface area contributed by atoms with Crippen LogP contribution in [-0.4, -0.2) is 10.2 Å². The van der Waals surface area contributed by atoms with Gasteiger partial charge in [-0.15, -0.1) is 0 Å². The Balaban J connectivity index is 1.81. The van der Waals surface area contributed by atoms with Crippen LogP contribution < -0.4 is 5.32 Å². The van der Waals surface area contributed by atoms with Gasteiger partial charge >= 0.3 is 0 Å². The van der Waals surface area contributed by atoms with Crippen molar-refractivity contribution in [1.29, 1.82) is 0 Å². The standard InChI is InChI=1S/C15H14ClN3/c1-10(11-2-5-13(16)6-3-11)18-14-7-4-12-9-17-19-15(12)8-14/h2-10,18H,1H3,(H,17,19). The lowest BCUT2D eigenvalue weighted by molar-refractivity contribution is 0.885. The predicted octanol–water partition coefficient (Wildman–Crippen LogP) is 4.39. The van der Waals surface area contributed by atoms with Crippen LogP contribution in [0, 0.1) is 0 Å². The van der Waals surface area contributed by atoms with Gasteiger partial charge in [0.05, 0.1) is 11.7 Å². The van der Waals surface area contributed by atoms with E-state index in [1.165, 1.54) is 5.56 Å². The molecule has 3 nitrogen and oxygen atoms in total. The van der Waals surface area contributed by atoms with Crippen molar-refractivity contribution in [2.75, 3.05) is 5.32 Å². The number of hydrogen-bond acceptors (Lipinski definition) is 2. The average molecular weight is 272 g/mol. The van der Waals surface area contributed by atoms with Crippen LogP contribution in [0.3, 0.4) is 0 Å². The normalized spacial score (nSPS) is 12.5. The van der Waals surface area contributed by atoms with Gasteiger partial charge in [-0.05, 0) is 42.8 Å². The van der Waals surface area contributed by atoms with Crippen LogP contribution in [0.5, 0.6) is 0 Å². The number of nitrogens with zero attached hydrogens (tertiary/aromatic N) is 1. The summed E-state index contributed by atoms with van der Waals surface area (Å²) in [4.78, 5) is 0. The summed E-state index contributed by atoms with van der Waals surface area (Å²) in [6, 6.07) is 14.3. The second-order valence-corrected chi connectivity index (χ2v) is 5.03. The van der Waals surface area contributed by atoms with E-state index in [9.17, 15) is 0 Å². The lowest BCUT2D eigenvalue weighted by atomic mass is 10.1. The van der Waals surface area contributed by atoms with Crippen LogP contribution in [0.2, 0.25) is 5.02 Å². The highest BCUT2D eigenvalue weighted by Crippen LogP contribution is 2.23. The van der Waals surface area contributed by atoms with Crippen molar-refractivity contribution >= 4 is 28.2 Å². The summed E-state index contributed by atoms with van der Waals surface area (Å²) < 4.78 is 0. The molecule has 1 aromatic heterocycles. The molecule has 0 amide bonds. The Morgan fingerprint density at radius 3 is 2.74 bits per heavy atom. The quantitative estimate of drug-likeness (QED) is 0.742. The summed E-state index contributed by atoms with van der Waals surface area (Å²) in [5.74, 6) is 0. The van der Waals surface area contributed by atoms with Gasteiger partial charge in [0.1, 0.15) is 0 Å². The van der Waals surface area contributed by atoms with Crippen molar-refractivity contribution in [3.63, 3.8) is 0 Å². The van der Waals surface area contributed by atoms with E-state index in [0.29, 0.717) is 0 Å². The maximum absolute atomic E-state index is 5.90. The molecule has 1 atom stereocenters. The number of fused-ring (bicyclic) bond motifs is 1. The maximum Gasteiger partial charge on any atom is 0.0670 e. The molecule has 1 unspecified atom stereocenters. The first-order chi connectivity index (χ1) is 9.22. The minimum atomic E-state index is 0.220. The molecule has 1 heterocycles. The average Bonchev–Trinajstić information content (AvgIpc) is 2.87. The zero-order valence-corrected chi connectivity index (χ0v) is 11.3. The van der Waals surface area contributed by atoms with E-state index < -0.39 is 0 Å². The van der Waals surface area contributed by atoms with E-state index >= 15 is 0 Å². The zero-order chi connectivity index (χ0) is 13.2. The van der Waals surface area contributed by atoms with Crippen LogP contribution in [0.15, 0.2) is 48.7 Å². The molecule has 0 aliphatic rings. The Bertz CT molecular complexity index is 688. The van der Waals surface area contributed by atoms with Crippen molar-refractivity contribution in [2.45, 2.75) is 13.0 Å². The number of aromatic amines is 1. The van der Waals surface area contributed by atoms with Gasteiger partial charge in [-0.25, -0.2) is 0 Å². The Labute approximate surface area is 116 Å². The molecule has 19 heavy (non-hydrogen) atoms. The fraction of sp³-hybridized carbons (Fsp3) is 0.133. The minimum absolute atomic E-state index is 0.220. The highest BCUT2D eigenvalue weighted by Gasteiger charge is 2.06. The summed E-state index contributed by atoms with van der Waals surface area (Å²) >= 11 is 5.90. The summed E-state index contributed by atoms with van der Waals surface area (Å²) in [7, 11) is 0. The lowest BCUT2D eigenvalue weighted by Crippen LogP contribution is -2.06. The van der Waals surface area contributed by atoms with Crippen molar-refractivity contribution in [2.24, 2.45) is 0 Å². The molecule has 96 valence electrons. The van der Waals surface area contributed by atoms with Gasteiger partial charge in [0, 0.05) is 22.1 Å². The van der Waals surface area contributed by atoms with Gasteiger partial charge in [-0.2, -0.15) is 5.10 Å². The SMILES string of the molecule is CC(Nc1ccc2cn[nH]c2c1)c1ccc(Cl)cc1. The van der Waals surface area contributed by atoms with E-state index in [-0.39, 0.29) is 6.04 Å². The van der Waals surface area contributed by atoms with Gasteiger partial charge in [0.2, 0.25) is 0 Å². The second kappa shape index (κ2) is 4.94. The van der Waals surface area contributed by atoms with E-state index in [1.54, 1.807) is 0 Å². The molecule has 2 N–H and O–H groups in total. The Hall–Kier alpha value is -2.00. The molecule has 0 spiro atoms. The van der Waals surface area contributed by atoms with Gasteiger partial charge in [-0.3, -0.25) is 5.10 Å². The van der Waals surface area contributed by atoms with Gasteiger partial charge < -0.3 is 5.32 Å². The highest BCUT2D eigenvalue weighted by molar-refractivity contribution is 6.30. The zero-order valence-electron chi connectivity index (χ0n) is 10.5. The minimum Gasteiger partial charge on any atom is -0.378 e. The Morgan fingerprint density at radius 1 is 1.16 bits per heavy atom. The van der Waals surface area contributed by atoms with Crippen LogP contribution in [0.1, 0.15) is 18.5 Å². The number of anilines is 1. The topological polar surface area (TPSA) is 40.7 Å². The van der Waals surface area contributed by atoms with E-state index in [4.69, 9.17) is 11.6 Å². The van der Waals surface area contributed by atoms with E-state index in [0.717, 1.165) is 21.6 Å². The summed E-state index contributed by atoms with van der Waals surface area (Å²) in [5.41, 5.74) is 3.31. The van der Waals surface area contributed by atoms with Crippen molar-refractivity contribution < 1.29 is 0 Å². The molecule has 0 saturated carbocycles. The molecular weight excluding hydrogens is 258 g/mol. The van der Waals surface area contributed by atoms with Crippen molar-refractivity contribution in [3.8, 4) is 0 Å². The summed E-state index contributed by atoms with van der Waals surface area (Å²) in [6.07, 6.45) is 1.82. The molecule has 0 saturated heterocycles. The fourth-order valence-corrected chi connectivity index (χ4v) is 2.24. The van der Waals surface area contributed by atoms with Gasteiger partial charge in [-0.1, -0.05) is 23.7 Å². The molecule has 0 aliphatic heterocycles. The van der Waals surface area contributed by atoms with Crippen LogP contribution in [0.25, 0.3) is 10.9 Å². The molecule has 0 radical (unpaired) electrons. The number of aromatic nitrogens is 2. The second-order valence-electron chi connectivity index (χ2n) is 4.59. The first kappa shape index (κ1) is 12.1. The lowest BCUT2D eigenvalue weighted by Gasteiger charge is -2.15. The third-order valence-electron chi connectivity index (χ3n) is 3.20. The van der Waals surface area contributed by atoms with Crippen LogP contribution in [-0.2, 0) is 0 Å². The predicted molar refractivity (Wildman–Crippen MR) is 79.6 cm³/mol. The Kier molecular flexibility index (Phi) is 3.13. The number of halogens is 1. The molecule has 0 bridgehead atoms. The van der Waals surface area contributed by atoms with E-state index in [2.05, 4.69) is 40.6 Å². The first-order valence-corrected chi connectivity index (χ1v) is 6.55. The first-order valence-electron chi connectivity index (χ1n) is 6.17. The monoisotopic (exact) mass is 271 g/mol. The Morgan fingerprint density at radius 2 is 1.95 bits per heavy atom. The number of rotatable bonds is 3. The molecule has 4 heteroatoms. The number of nitrogens with one attached hydrogen (secondary N) is 2. The van der Waals surface area contributed by atoms with Crippen LogP contribution >= 0.6 is 11.6 Å². The molecule has 2 aromatic carbocycles. The third kappa shape index (κ3) is 2.56. The molecule has 0 fully saturated rings. The number of benzene rings is 2. The van der Waals surface area contributed by atoms with Crippen LogP contribution in [0.4, 0.5) is 5.69 Å². The fourth-order valence-electron chi connectivity index (χ4n) is 2.11. The van der Waals surface area contributed by atoms with Gasteiger partial charge in [0.15, 0.2) is 0 Å². The van der Waals surface area contributed by atoms with Crippen molar-refractivity contribution in [3.05, 3.63) is 59.2 Å². The number of H-pyrrole nitrogens is 1. The maximum atomic E-state index is 5.90. The van der Waals surface area contributed by atoms with E-state index in [1.807, 2.05) is 30.5 Å². The molecule has 3 aromatic rings. The van der Waals surface area contributed by atoms with Gasteiger partial charge in [0.25, 0.3) is 0 Å². The smallest absolute Gasteiger partial charge is 0.0670 e. The molecule has 0 aliphatic carbocycles. The molecule has 3 rings (SSSR count). The largest absolute Gasteiger partial charge is 0.378 e. The molecular formula is C15H14ClN3. The third-order valence-corrected chi connectivity index (χ3v) is 3.45. The summed E-state index contributed by atoms with van der Waals surface area (Å²) in [5, 5.41) is 12.3.